The van der Waals surface area contributed by atoms with Crippen LogP contribution in [0.25, 0.3) is 20.5 Å². The number of ether oxygens (including phenoxy) is 1. The Morgan fingerprint density at radius 2 is 1.63 bits per heavy atom. The van der Waals surface area contributed by atoms with Gasteiger partial charge in [0.2, 0.25) is 0 Å². The molecule has 0 aliphatic carbocycles. The van der Waals surface area contributed by atoms with Crippen LogP contribution >= 0.6 is 11.3 Å². The van der Waals surface area contributed by atoms with E-state index < -0.39 is 10.1 Å². The molecule has 5 rings (SSSR count). The molecule has 1 aliphatic heterocycles. The Morgan fingerprint density at radius 1 is 0.947 bits per heavy atom. The highest BCUT2D eigenvalue weighted by Gasteiger charge is 2.22. The molecule has 1 fully saturated rings. The van der Waals surface area contributed by atoms with Crippen LogP contribution < -0.4 is 8.92 Å². The lowest BCUT2D eigenvalue weighted by atomic mass is 9.97. The van der Waals surface area contributed by atoms with E-state index in [1.807, 2.05) is 12.1 Å². The molecular weight excluding hydrogens is 522 g/mol. The number of ketones is 1. The summed E-state index contributed by atoms with van der Waals surface area (Å²) in [5.41, 5.74) is 1.81. The Morgan fingerprint density at radius 3 is 2.32 bits per heavy atom. The van der Waals surface area contributed by atoms with Crippen LogP contribution in [0.2, 0.25) is 0 Å². The largest absolute Gasteiger partial charge is 0.508 e. The van der Waals surface area contributed by atoms with E-state index >= 15 is 0 Å². The molecule has 38 heavy (non-hydrogen) atoms. The topological polar surface area (TPSA) is 93.1 Å². The van der Waals surface area contributed by atoms with Crippen molar-refractivity contribution in [2.75, 3.05) is 32.5 Å². The molecule has 9 heteroatoms. The van der Waals surface area contributed by atoms with Crippen LogP contribution in [0.4, 0.5) is 0 Å². The summed E-state index contributed by atoms with van der Waals surface area (Å²) >= 11 is 1.37. The Bertz CT molecular complexity index is 1540. The van der Waals surface area contributed by atoms with Crippen molar-refractivity contribution in [2.24, 2.45) is 0 Å². The molecule has 0 saturated carbocycles. The maximum Gasteiger partial charge on any atom is 0.306 e. The van der Waals surface area contributed by atoms with Gasteiger partial charge in [-0.15, -0.1) is 11.3 Å². The molecule has 1 aliphatic rings. The zero-order chi connectivity index (χ0) is 26.7. The summed E-state index contributed by atoms with van der Waals surface area (Å²) in [5, 5.41) is 10.5. The van der Waals surface area contributed by atoms with Gasteiger partial charge in [0.25, 0.3) is 0 Å². The summed E-state index contributed by atoms with van der Waals surface area (Å²) in [5.74, 6) is 0.872. The Balaban J connectivity index is 1.42. The van der Waals surface area contributed by atoms with Crippen molar-refractivity contribution in [3.8, 4) is 27.7 Å². The van der Waals surface area contributed by atoms with E-state index in [0.717, 1.165) is 46.8 Å². The van der Waals surface area contributed by atoms with Crippen molar-refractivity contribution in [2.45, 2.75) is 19.3 Å². The zero-order valence-electron chi connectivity index (χ0n) is 21.1. The minimum absolute atomic E-state index is 0.127. The molecule has 198 valence electrons. The molecule has 0 atom stereocenters. The summed E-state index contributed by atoms with van der Waals surface area (Å²) in [6, 6.07) is 18.7. The highest BCUT2D eigenvalue weighted by Crippen LogP contribution is 2.41. The Kier molecular flexibility index (Phi) is 7.69. The second kappa shape index (κ2) is 11.1. The fourth-order valence-electron chi connectivity index (χ4n) is 4.67. The number of benzene rings is 3. The number of carbonyl (C=O) groups excluding carboxylic acids is 1. The van der Waals surface area contributed by atoms with E-state index in [-0.39, 0.29) is 17.3 Å². The molecule has 0 bridgehead atoms. The summed E-state index contributed by atoms with van der Waals surface area (Å²) in [6.07, 6.45) is 4.78. The van der Waals surface area contributed by atoms with Gasteiger partial charge in [-0.3, -0.25) is 9.69 Å². The first-order valence-electron chi connectivity index (χ1n) is 12.5. The number of rotatable bonds is 9. The molecule has 0 spiro atoms. The molecule has 1 saturated heterocycles. The zero-order valence-corrected chi connectivity index (χ0v) is 22.7. The van der Waals surface area contributed by atoms with Crippen molar-refractivity contribution < 1.29 is 27.2 Å². The lowest BCUT2D eigenvalue weighted by molar-refractivity contribution is 0.104. The summed E-state index contributed by atoms with van der Waals surface area (Å²) < 4.78 is 34.9. The van der Waals surface area contributed by atoms with Crippen LogP contribution in [0.3, 0.4) is 0 Å². The van der Waals surface area contributed by atoms with Gasteiger partial charge in [-0.1, -0.05) is 6.42 Å². The smallest absolute Gasteiger partial charge is 0.306 e. The number of fused-ring (bicyclic) bond motifs is 1. The van der Waals surface area contributed by atoms with E-state index in [0.29, 0.717) is 23.1 Å². The average molecular weight is 552 g/mol. The Labute approximate surface area is 226 Å². The molecule has 0 radical (unpaired) electrons. The average Bonchev–Trinajstić information content (AvgIpc) is 3.27. The van der Waals surface area contributed by atoms with Crippen LogP contribution in [0.15, 0.2) is 66.7 Å². The summed E-state index contributed by atoms with van der Waals surface area (Å²) in [6.45, 7) is 3.74. The second-order valence-corrected chi connectivity index (χ2v) is 12.0. The normalized spacial score (nSPS) is 14.4. The van der Waals surface area contributed by atoms with Gasteiger partial charge in [0.1, 0.15) is 23.9 Å². The predicted octanol–water partition coefficient (Wildman–Crippen LogP) is 5.71. The first-order chi connectivity index (χ1) is 18.3. The molecule has 3 aromatic carbocycles. The molecule has 1 N–H and O–H groups in total. The van der Waals surface area contributed by atoms with Gasteiger partial charge in [-0.2, -0.15) is 8.42 Å². The van der Waals surface area contributed by atoms with Gasteiger partial charge >= 0.3 is 10.1 Å². The minimum Gasteiger partial charge on any atom is -0.508 e. The van der Waals surface area contributed by atoms with Gasteiger partial charge in [0.05, 0.1) is 6.26 Å². The number of phenols is 1. The third-order valence-corrected chi connectivity index (χ3v) is 8.20. The van der Waals surface area contributed by atoms with Gasteiger partial charge in [-0.25, -0.2) is 0 Å². The van der Waals surface area contributed by atoms with Crippen molar-refractivity contribution in [3.63, 3.8) is 0 Å². The number of piperidine rings is 1. The van der Waals surface area contributed by atoms with E-state index in [1.54, 1.807) is 54.6 Å². The van der Waals surface area contributed by atoms with Crippen LogP contribution in [0.1, 0.15) is 35.2 Å². The van der Waals surface area contributed by atoms with Crippen molar-refractivity contribution in [3.05, 3.63) is 77.9 Å². The monoisotopic (exact) mass is 551 g/mol. The quantitative estimate of drug-likeness (QED) is 0.210. The fraction of sp³-hybridized carbons (Fsp3) is 0.276. The van der Waals surface area contributed by atoms with Crippen LogP contribution in [0, 0.1) is 0 Å². The molecule has 0 amide bonds. The highest BCUT2D eigenvalue weighted by molar-refractivity contribution is 7.86. The lowest BCUT2D eigenvalue weighted by Crippen LogP contribution is -2.33. The minimum atomic E-state index is -3.69. The fourth-order valence-corrected chi connectivity index (χ4v) is 6.35. The SMILES string of the molecule is CS(=O)(=O)Oc1ccc2c(C(=O)c3ccc(OCCN4CCCCC4)cc3)c(-c3ccc(O)cc3)sc2c1. The van der Waals surface area contributed by atoms with E-state index in [4.69, 9.17) is 8.92 Å². The molecular formula is C29H29NO6S2. The standard InChI is InChI=1S/C29H29NO6S2/c1-38(33,34)36-24-13-14-25-26(19-24)37-29(21-5-9-22(31)10-6-21)27(25)28(32)20-7-11-23(12-8-20)35-18-17-30-15-3-2-4-16-30/h5-14,19,31H,2-4,15-18H2,1H3. The maximum atomic E-state index is 13.8. The summed E-state index contributed by atoms with van der Waals surface area (Å²) in [4.78, 5) is 17.0. The van der Waals surface area contributed by atoms with E-state index in [9.17, 15) is 18.3 Å². The third-order valence-electron chi connectivity index (χ3n) is 6.51. The number of nitrogens with zero attached hydrogens (tertiary/aromatic N) is 1. The number of aromatic hydroxyl groups is 1. The van der Waals surface area contributed by atoms with Gasteiger partial charge in [0.15, 0.2) is 5.78 Å². The van der Waals surface area contributed by atoms with Crippen LogP contribution in [-0.2, 0) is 10.1 Å². The first kappa shape index (κ1) is 26.2. The maximum absolute atomic E-state index is 13.8. The lowest BCUT2D eigenvalue weighted by Gasteiger charge is -2.26. The molecule has 7 nitrogen and oxygen atoms in total. The van der Waals surface area contributed by atoms with Crippen molar-refractivity contribution >= 4 is 37.3 Å². The first-order valence-corrected chi connectivity index (χ1v) is 15.2. The highest BCUT2D eigenvalue weighted by atomic mass is 32.2. The number of hydrogen-bond donors (Lipinski definition) is 1. The summed E-state index contributed by atoms with van der Waals surface area (Å²) in [7, 11) is -3.69. The van der Waals surface area contributed by atoms with Gasteiger partial charge in [0, 0.05) is 32.6 Å². The van der Waals surface area contributed by atoms with Gasteiger partial charge < -0.3 is 14.0 Å². The van der Waals surface area contributed by atoms with Crippen LogP contribution in [0.5, 0.6) is 17.2 Å². The second-order valence-electron chi connectivity index (χ2n) is 9.40. The van der Waals surface area contributed by atoms with E-state index in [1.165, 1.54) is 30.6 Å². The van der Waals surface area contributed by atoms with Crippen molar-refractivity contribution in [1.82, 2.24) is 4.90 Å². The predicted molar refractivity (Wildman–Crippen MR) is 150 cm³/mol. The number of thiophene rings is 1. The van der Waals surface area contributed by atoms with Gasteiger partial charge in [-0.05, 0) is 98.2 Å². The third kappa shape index (κ3) is 6.18. The number of likely N-dealkylation sites (tertiary alicyclic amines) is 1. The number of carbonyl (C=O) groups is 1. The van der Waals surface area contributed by atoms with E-state index in [2.05, 4.69) is 4.90 Å². The van der Waals surface area contributed by atoms with Crippen molar-refractivity contribution in [1.29, 1.82) is 0 Å². The molecule has 4 aromatic rings. The Hall–Kier alpha value is -3.40. The number of hydrogen-bond acceptors (Lipinski definition) is 8. The molecule has 0 unspecified atom stereocenters. The molecule has 2 heterocycles. The number of phenolic OH excluding ortho intramolecular Hbond substituents is 1. The molecule has 1 aromatic heterocycles. The van der Waals surface area contributed by atoms with Crippen LogP contribution in [-0.4, -0.2) is 56.7 Å².